The normalized spacial score (nSPS) is 33.8. The van der Waals surface area contributed by atoms with Gasteiger partial charge >= 0.3 is 0 Å². The SMILES string of the molecule is CC(C)CC(C)NC(=O)C1NCC2CCCC21. The van der Waals surface area contributed by atoms with Crippen molar-refractivity contribution in [1.82, 2.24) is 10.6 Å². The Balaban J connectivity index is 1.83. The number of nitrogens with one attached hydrogen (secondary N) is 2. The maximum atomic E-state index is 12.2. The van der Waals surface area contributed by atoms with E-state index in [0.29, 0.717) is 17.9 Å². The molecule has 1 heterocycles. The van der Waals surface area contributed by atoms with Gasteiger partial charge in [-0.2, -0.15) is 0 Å². The average molecular weight is 238 g/mol. The summed E-state index contributed by atoms with van der Waals surface area (Å²) in [5, 5.41) is 6.57. The summed E-state index contributed by atoms with van der Waals surface area (Å²) < 4.78 is 0. The zero-order valence-electron chi connectivity index (χ0n) is 11.3. The molecule has 3 nitrogen and oxygen atoms in total. The number of hydrogen-bond acceptors (Lipinski definition) is 2. The maximum absolute atomic E-state index is 12.2. The zero-order valence-corrected chi connectivity index (χ0v) is 11.3. The first-order chi connectivity index (χ1) is 8.08. The molecule has 4 atom stereocenters. The van der Waals surface area contributed by atoms with E-state index in [0.717, 1.165) is 18.9 Å². The van der Waals surface area contributed by atoms with Gasteiger partial charge in [-0.25, -0.2) is 0 Å². The van der Waals surface area contributed by atoms with Crippen molar-refractivity contribution in [2.75, 3.05) is 6.54 Å². The third-order valence-electron chi connectivity index (χ3n) is 4.24. The van der Waals surface area contributed by atoms with Crippen LogP contribution >= 0.6 is 0 Å². The molecule has 2 fully saturated rings. The van der Waals surface area contributed by atoms with Gasteiger partial charge in [0.25, 0.3) is 0 Å². The summed E-state index contributed by atoms with van der Waals surface area (Å²) in [4.78, 5) is 12.2. The summed E-state index contributed by atoms with van der Waals surface area (Å²) in [6, 6.07) is 0.377. The summed E-state index contributed by atoms with van der Waals surface area (Å²) in [6.07, 6.45) is 4.91. The van der Waals surface area contributed by atoms with Crippen molar-refractivity contribution in [2.45, 2.75) is 58.5 Å². The van der Waals surface area contributed by atoms with Gasteiger partial charge < -0.3 is 10.6 Å². The molecule has 17 heavy (non-hydrogen) atoms. The predicted molar refractivity (Wildman–Crippen MR) is 69.7 cm³/mol. The van der Waals surface area contributed by atoms with Crippen molar-refractivity contribution in [3.63, 3.8) is 0 Å². The van der Waals surface area contributed by atoms with E-state index in [1.807, 2.05) is 0 Å². The summed E-state index contributed by atoms with van der Waals surface area (Å²) in [6.45, 7) is 7.55. The Kier molecular flexibility index (Phi) is 4.08. The molecule has 3 heteroatoms. The summed E-state index contributed by atoms with van der Waals surface area (Å²) in [5.74, 6) is 2.22. The predicted octanol–water partition coefficient (Wildman–Crippen LogP) is 1.93. The molecule has 98 valence electrons. The van der Waals surface area contributed by atoms with Gasteiger partial charge in [0.15, 0.2) is 0 Å². The van der Waals surface area contributed by atoms with Crippen molar-refractivity contribution in [2.24, 2.45) is 17.8 Å². The molecule has 2 rings (SSSR count). The molecule has 1 amide bonds. The van der Waals surface area contributed by atoms with Gasteiger partial charge in [-0.1, -0.05) is 20.3 Å². The monoisotopic (exact) mass is 238 g/mol. The molecule has 4 unspecified atom stereocenters. The van der Waals surface area contributed by atoms with E-state index < -0.39 is 0 Å². The molecule has 0 aromatic heterocycles. The van der Waals surface area contributed by atoms with E-state index >= 15 is 0 Å². The lowest BCUT2D eigenvalue weighted by Crippen LogP contribution is -2.47. The second-order valence-corrected chi connectivity index (χ2v) is 6.28. The van der Waals surface area contributed by atoms with Gasteiger partial charge in [0, 0.05) is 6.04 Å². The second kappa shape index (κ2) is 5.38. The highest BCUT2D eigenvalue weighted by atomic mass is 16.2. The Labute approximate surface area is 105 Å². The van der Waals surface area contributed by atoms with Gasteiger partial charge in [-0.05, 0) is 50.5 Å². The maximum Gasteiger partial charge on any atom is 0.237 e. The Morgan fingerprint density at radius 1 is 1.35 bits per heavy atom. The van der Waals surface area contributed by atoms with Crippen molar-refractivity contribution in [3.8, 4) is 0 Å². The third kappa shape index (κ3) is 3.01. The quantitative estimate of drug-likeness (QED) is 0.785. The van der Waals surface area contributed by atoms with Gasteiger partial charge in [-0.3, -0.25) is 4.79 Å². The highest BCUT2D eigenvalue weighted by molar-refractivity contribution is 5.82. The molecule has 1 saturated heterocycles. The molecule has 1 aliphatic carbocycles. The molecule has 0 aromatic carbocycles. The average Bonchev–Trinajstić information content (AvgIpc) is 2.74. The topological polar surface area (TPSA) is 41.1 Å². The van der Waals surface area contributed by atoms with E-state index in [2.05, 4.69) is 31.4 Å². The third-order valence-corrected chi connectivity index (χ3v) is 4.24. The number of fused-ring (bicyclic) bond motifs is 1. The van der Waals surface area contributed by atoms with Crippen LogP contribution in [0.25, 0.3) is 0 Å². The van der Waals surface area contributed by atoms with Gasteiger partial charge in [-0.15, -0.1) is 0 Å². The smallest absolute Gasteiger partial charge is 0.237 e. The number of rotatable bonds is 4. The van der Waals surface area contributed by atoms with Crippen LogP contribution in [0.2, 0.25) is 0 Å². The standard InChI is InChI=1S/C14H26N2O/c1-9(2)7-10(3)16-14(17)13-12-6-4-5-11(12)8-15-13/h9-13,15H,4-8H2,1-3H3,(H,16,17). The minimum absolute atomic E-state index is 0.0807. The first-order valence-corrected chi connectivity index (χ1v) is 7.11. The van der Waals surface area contributed by atoms with E-state index in [1.54, 1.807) is 0 Å². The first kappa shape index (κ1) is 12.9. The van der Waals surface area contributed by atoms with Crippen LogP contribution in [-0.2, 0) is 4.79 Å². The number of hydrogen-bond donors (Lipinski definition) is 2. The van der Waals surface area contributed by atoms with E-state index in [4.69, 9.17) is 0 Å². The Hall–Kier alpha value is -0.570. The fourth-order valence-electron chi connectivity index (χ4n) is 3.57. The molecule has 0 spiro atoms. The summed E-state index contributed by atoms with van der Waals surface area (Å²) >= 11 is 0. The molecular weight excluding hydrogens is 212 g/mol. The van der Waals surface area contributed by atoms with Gasteiger partial charge in [0.05, 0.1) is 6.04 Å². The molecule has 0 radical (unpaired) electrons. The molecule has 1 saturated carbocycles. The van der Waals surface area contributed by atoms with E-state index in [9.17, 15) is 4.79 Å². The number of carbonyl (C=O) groups excluding carboxylic acids is 1. The molecule has 1 aliphatic heterocycles. The second-order valence-electron chi connectivity index (χ2n) is 6.28. The van der Waals surface area contributed by atoms with Crippen LogP contribution in [0.15, 0.2) is 0 Å². The molecule has 2 aliphatic rings. The number of amides is 1. The molecule has 0 aromatic rings. The lowest BCUT2D eigenvalue weighted by molar-refractivity contribution is -0.124. The number of carbonyl (C=O) groups is 1. The zero-order chi connectivity index (χ0) is 12.4. The Morgan fingerprint density at radius 3 is 2.82 bits per heavy atom. The first-order valence-electron chi connectivity index (χ1n) is 7.11. The lowest BCUT2D eigenvalue weighted by Gasteiger charge is -2.22. The fourth-order valence-corrected chi connectivity index (χ4v) is 3.57. The highest BCUT2D eigenvalue weighted by Crippen LogP contribution is 2.37. The van der Waals surface area contributed by atoms with E-state index in [1.165, 1.54) is 19.3 Å². The van der Waals surface area contributed by atoms with Crippen LogP contribution in [0.4, 0.5) is 0 Å². The Morgan fingerprint density at radius 2 is 2.12 bits per heavy atom. The lowest BCUT2D eigenvalue weighted by atomic mass is 9.93. The fraction of sp³-hybridized carbons (Fsp3) is 0.929. The van der Waals surface area contributed by atoms with Crippen LogP contribution in [0.3, 0.4) is 0 Å². The van der Waals surface area contributed by atoms with Crippen molar-refractivity contribution in [3.05, 3.63) is 0 Å². The van der Waals surface area contributed by atoms with Gasteiger partial charge in [0.1, 0.15) is 0 Å². The van der Waals surface area contributed by atoms with Crippen LogP contribution in [0.1, 0.15) is 46.5 Å². The molecular formula is C14H26N2O. The Bertz CT molecular complexity index is 277. The minimum atomic E-state index is 0.0807. The largest absolute Gasteiger partial charge is 0.352 e. The van der Waals surface area contributed by atoms with Crippen LogP contribution in [-0.4, -0.2) is 24.5 Å². The van der Waals surface area contributed by atoms with Crippen LogP contribution in [0.5, 0.6) is 0 Å². The summed E-state index contributed by atoms with van der Waals surface area (Å²) in [7, 11) is 0. The van der Waals surface area contributed by atoms with Crippen molar-refractivity contribution < 1.29 is 4.79 Å². The molecule has 0 bridgehead atoms. The van der Waals surface area contributed by atoms with Crippen LogP contribution < -0.4 is 10.6 Å². The van der Waals surface area contributed by atoms with E-state index in [-0.39, 0.29) is 11.9 Å². The highest BCUT2D eigenvalue weighted by Gasteiger charge is 2.42. The molecule has 2 N–H and O–H groups in total. The van der Waals surface area contributed by atoms with Crippen molar-refractivity contribution in [1.29, 1.82) is 0 Å². The van der Waals surface area contributed by atoms with Gasteiger partial charge in [0.2, 0.25) is 5.91 Å². The van der Waals surface area contributed by atoms with Crippen molar-refractivity contribution >= 4 is 5.91 Å². The minimum Gasteiger partial charge on any atom is -0.352 e. The van der Waals surface area contributed by atoms with Crippen LogP contribution in [0, 0.1) is 17.8 Å². The summed E-state index contributed by atoms with van der Waals surface area (Å²) in [5.41, 5.74) is 0.